The highest BCUT2D eigenvalue weighted by atomic mass is 16.2. The predicted molar refractivity (Wildman–Crippen MR) is 63.0 cm³/mol. The van der Waals surface area contributed by atoms with Gasteiger partial charge in [0.25, 0.3) is 0 Å². The molecule has 0 aliphatic rings. The van der Waals surface area contributed by atoms with Crippen molar-refractivity contribution in [3.63, 3.8) is 0 Å². The predicted octanol–water partition coefficient (Wildman–Crippen LogP) is 0.297. The Labute approximate surface area is 94.5 Å². The molecule has 0 spiro atoms. The van der Waals surface area contributed by atoms with Gasteiger partial charge in [-0.15, -0.1) is 0 Å². The van der Waals surface area contributed by atoms with E-state index in [1.165, 1.54) is 12.3 Å². The molecule has 88 valence electrons. The molecule has 1 aromatic heterocycles. The number of nitrogens with zero attached hydrogens (tertiary/aromatic N) is 2. The lowest BCUT2D eigenvalue weighted by Gasteiger charge is -2.22. The molecule has 5 nitrogen and oxygen atoms in total. The molecule has 0 atom stereocenters. The zero-order valence-electron chi connectivity index (χ0n) is 9.80. The molecular formula is C11H17N3O2. The van der Waals surface area contributed by atoms with Crippen LogP contribution in [0.15, 0.2) is 23.3 Å². The van der Waals surface area contributed by atoms with Gasteiger partial charge in [-0.3, -0.25) is 9.59 Å². The van der Waals surface area contributed by atoms with E-state index in [9.17, 15) is 9.59 Å². The van der Waals surface area contributed by atoms with E-state index in [0.717, 1.165) is 0 Å². The van der Waals surface area contributed by atoms with Crippen molar-refractivity contribution in [1.29, 1.82) is 0 Å². The summed E-state index contributed by atoms with van der Waals surface area (Å²) in [6.07, 6.45) is 3.04. The van der Waals surface area contributed by atoms with Gasteiger partial charge in [-0.05, 0) is 13.8 Å². The van der Waals surface area contributed by atoms with Crippen LogP contribution in [-0.2, 0) is 11.3 Å². The maximum absolute atomic E-state index is 11.7. The number of pyridine rings is 1. The zero-order chi connectivity index (χ0) is 12.3. The molecule has 5 heteroatoms. The van der Waals surface area contributed by atoms with Gasteiger partial charge in [0.1, 0.15) is 6.54 Å². The van der Waals surface area contributed by atoms with E-state index in [0.29, 0.717) is 0 Å². The van der Waals surface area contributed by atoms with Crippen LogP contribution in [-0.4, -0.2) is 28.5 Å². The van der Waals surface area contributed by atoms with Crippen molar-refractivity contribution in [2.24, 2.45) is 0 Å². The normalized spacial score (nSPS) is 10.5. The number of carbonyl (C=O) groups is 1. The molecule has 1 aromatic rings. The van der Waals surface area contributed by atoms with Crippen LogP contribution >= 0.6 is 0 Å². The van der Waals surface area contributed by atoms with Crippen LogP contribution in [0.25, 0.3) is 0 Å². The van der Waals surface area contributed by atoms with Crippen molar-refractivity contribution in [1.82, 2.24) is 9.47 Å². The fourth-order valence-corrected chi connectivity index (χ4v) is 1.20. The summed E-state index contributed by atoms with van der Waals surface area (Å²) in [5, 5.41) is 0. The molecule has 16 heavy (non-hydrogen) atoms. The molecule has 0 saturated heterocycles. The molecule has 0 aliphatic heterocycles. The first-order chi connectivity index (χ1) is 7.41. The van der Waals surface area contributed by atoms with Crippen LogP contribution in [0, 0.1) is 0 Å². The second-order valence-electron chi connectivity index (χ2n) is 4.04. The molecule has 0 saturated carbocycles. The maximum Gasteiger partial charge on any atom is 0.242 e. The molecule has 1 heterocycles. The van der Waals surface area contributed by atoms with Crippen LogP contribution in [0.4, 0.5) is 5.69 Å². The molecule has 0 fully saturated rings. The summed E-state index contributed by atoms with van der Waals surface area (Å²) >= 11 is 0. The van der Waals surface area contributed by atoms with Crippen LogP contribution in [0.3, 0.4) is 0 Å². The summed E-state index contributed by atoms with van der Waals surface area (Å²) in [5.74, 6) is -0.0157. The van der Waals surface area contributed by atoms with Gasteiger partial charge in [-0.2, -0.15) is 0 Å². The fraction of sp³-hybridized carbons (Fsp3) is 0.455. The van der Waals surface area contributed by atoms with Crippen molar-refractivity contribution in [3.8, 4) is 0 Å². The Kier molecular flexibility index (Phi) is 3.71. The molecule has 0 radical (unpaired) electrons. The van der Waals surface area contributed by atoms with Gasteiger partial charge < -0.3 is 15.2 Å². The van der Waals surface area contributed by atoms with E-state index in [-0.39, 0.29) is 29.6 Å². The molecule has 1 rings (SSSR count). The maximum atomic E-state index is 11.7. The van der Waals surface area contributed by atoms with E-state index in [2.05, 4.69) is 0 Å². The van der Waals surface area contributed by atoms with Crippen molar-refractivity contribution in [3.05, 3.63) is 28.7 Å². The minimum Gasteiger partial charge on any atom is -0.394 e. The van der Waals surface area contributed by atoms with Crippen LogP contribution in [0.1, 0.15) is 13.8 Å². The molecule has 0 aromatic carbocycles. The smallest absolute Gasteiger partial charge is 0.242 e. The lowest BCUT2D eigenvalue weighted by Crippen LogP contribution is -2.35. The monoisotopic (exact) mass is 223 g/mol. The Morgan fingerprint density at radius 1 is 1.56 bits per heavy atom. The Morgan fingerprint density at radius 2 is 2.19 bits per heavy atom. The fourth-order valence-electron chi connectivity index (χ4n) is 1.20. The van der Waals surface area contributed by atoms with Gasteiger partial charge in [0, 0.05) is 31.5 Å². The molecule has 1 amide bonds. The summed E-state index contributed by atoms with van der Waals surface area (Å²) in [5.41, 5.74) is 5.41. The van der Waals surface area contributed by atoms with Crippen molar-refractivity contribution in [2.75, 3.05) is 12.8 Å². The van der Waals surface area contributed by atoms with Crippen LogP contribution < -0.4 is 11.2 Å². The Bertz CT molecular complexity index is 437. The lowest BCUT2D eigenvalue weighted by atomic mass is 10.3. The molecule has 0 aliphatic carbocycles. The second-order valence-corrected chi connectivity index (χ2v) is 4.04. The number of carbonyl (C=O) groups excluding carboxylic acids is 1. The highest BCUT2D eigenvalue weighted by Crippen LogP contribution is 1.99. The summed E-state index contributed by atoms with van der Waals surface area (Å²) in [7, 11) is 1.75. The quantitative estimate of drug-likeness (QED) is 0.801. The van der Waals surface area contributed by atoms with Gasteiger partial charge in [-0.25, -0.2) is 0 Å². The first kappa shape index (κ1) is 12.3. The van der Waals surface area contributed by atoms with Gasteiger partial charge in [-0.1, -0.05) is 0 Å². The van der Waals surface area contributed by atoms with E-state index in [1.807, 2.05) is 13.8 Å². The van der Waals surface area contributed by atoms with Crippen LogP contribution in [0.2, 0.25) is 0 Å². The SMILES string of the molecule is CC(C)N(C)C(=O)Cn1ccc(=O)c(N)c1. The number of hydrogen-bond acceptors (Lipinski definition) is 3. The van der Waals surface area contributed by atoms with E-state index in [1.54, 1.807) is 22.7 Å². The second kappa shape index (κ2) is 4.83. The summed E-state index contributed by atoms with van der Waals surface area (Å²) in [6.45, 7) is 4.08. The third-order valence-corrected chi connectivity index (χ3v) is 2.49. The molecule has 0 unspecified atom stereocenters. The summed E-state index contributed by atoms with van der Waals surface area (Å²) < 4.78 is 1.61. The van der Waals surface area contributed by atoms with Gasteiger partial charge >= 0.3 is 0 Å². The highest BCUT2D eigenvalue weighted by Gasteiger charge is 2.11. The number of nitrogen functional groups attached to an aromatic ring is 1. The van der Waals surface area contributed by atoms with Gasteiger partial charge in [0.2, 0.25) is 11.3 Å². The largest absolute Gasteiger partial charge is 0.394 e. The Hall–Kier alpha value is -1.78. The highest BCUT2D eigenvalue weighted by molar-refractivity contribution is 5.76. The summed E-state index contributed by atoms with van der Waals surface area (Å²) in [4.78, 5) is 24.4. The number of rotatable bonds is 3. The first-order valence-electron chi connectivity index (χ1n) is 5.13. The molecular weight excluding hydrogens is 206 g/mol. The average molecular weight is 223 g/mol. The van der Waals surface area contributed by atoms with E-state index >= 15 is 0 Å². The summed E-state index contributed by atoms with van der Waals surface area (Å²) in [6, 6.07) is 1.52. The Balaban J connectivity index is 2.77. The third-order valence-electron chi connectivity index (χ3n) is 2.49. The minimum atomic E-state index is -0.221. The number of likely N-dealkylation sites (N-methyl/N-ethyl adjacent to an activating group) is 1. The standard InChI is InChI=1S/C11H17N3O2/c1-8(2)13(3)11(16)7-14-5-4-10(15)9(12)6-14/h4-6,8H,7,12H2,1-3H3. The Morgan fingerprint density at radius 3 is 2.69 bits per heavy atom. The number of nitrogens with two attached hydrogens (primary N) is 1. The lowest BCUT2D eigenvalue weighted by molar-refractivity contribution is -0.131. The number of aromatic nitrogens is 1. The number of hydrogen-bond donors (Lipinski definition) is 1. The zero-order valence-corrected chi connectivity index (χ0v) is 9.80. The number of anilines is 1. The molecule has 2 N–H and O–H groups in total. The van der Waals surface area contributed by atoms with Crippen molar-refractivity contribution >= 4 is 11.6 Å². The van der Waals surface area contributed by atoms with Gasteiger partial charge in [0.15, 0.2) is 0 Å². The van der Waals surface area contributed by atoms with E-state index < -0.39 is 0 Å². The van der Waals surface area contributed by atoms with Crippen LogP contribution in [0.5, 0.6) is 0 Å². The van der Waals surface area contributed by atoms with E-state index in [4.69, 9.17) is 5.73 Å². The number of amides is 1. The first-order valence-corrected chi connectivity index (χ1v) is 5.13. The van der Waals surface area contributed by atoms with Crippen molar-refractivity contribution < 1.29 is 4.79 Å². The van der Waals surface area contributed by atoms with Crippen molar-refractivity contribution in [2.45, 2.75) is 26.4 Å². The molecule has 0 bridgehead atoms. The minimum absolute atomic E-state index is 0.0157. The topological polar surface area (TPSA) is 68.3 Å². The average Bonchev–Trinajstić information content (AvgIpc) is 2.22. The van der Waals surface area contributed by atoms with Gasteiger partial charge in [0.05, 0.1) is 5.69 Å². The third kappa shape index (κ3) is 2.85.